The van der Waals surface area contributed by atoms with Gasteiger partial charge >= 0.3 is 0 Å². The van der Waals surface area contributed by atoms with Crippen LogP contribution < -0.4 is 9.47 Å². The zero-order chi connectivity index (χ0) is 25.4. The fourth-order valence-electron chi connectivity index (χ4n) is 3.88. The van der Waals surface area contributed by atoms with Crippen molar-refractivity contribution in [3.63, 3.8) is 0 Å². The van der Waals surface area contributed by atoms with Crippen molar-refractivity contribution in [1.29, 1.82) is 0 Å². The predicted octanol–water partition coefficient (Wildman–Crippen LogP) is 2.51. The summed E-state index contributed by atoms with van der Waals surface area (Å²) in [6.45, 7) is 6.63. The van der Waals surface area contributed by atoms with Gasteiger partial charge in [-0.15, -0.1) is 6.58 Å². The van der Waals surface area contributed by atoms with E-state index in [0.29, 0.717) is 51.1 Å². The van der Waals surface area contributed by atoms with Gasteiger partial charge in [0, 0.05) is 12.0 Å². The molecule has 1 saturated heterocycles. The maximum Gasteiger partial charge on any atom is 0.186 e. The highest BCUT2D eigenvalue weighted by Crippen LogP contribution is 2.29. The summed E-state index contributed by atoms with van der Waals surface area (Å²) in [6, 6.07) is 7.46. The van der Waals surface area contributed by atoms with E-state index in [2.05, 4.69) is 16.6 Å². The van der Waals surface area contributed by atoms with Crippen LogP contribution in [0.4, 0.5) is 0 Å². The minimum absolute atomic E-state index is 0.0448. The molecule has 0 radical (unpaired) electrons. The zero-order valence-electron chi connectivity index (χ0n) is 20.6. The van der Waals surface area contributed by atoms with Crippen LogP contribution in [-0.2, 0) is 33.2 Å². The topological polar surface area (TPSA) is 132 Å². The molecule has 0 unspecified atom stereocenters. The molecule has 2 aliphatic heterocycles. The van der Waals surface area contributed by atoms with Gasteiger partial charge in [0.25, 0.3) is 0 Å². The molecule has 3 rings (SSSR count). The van der Waals surface area contributed by atoms with Crippen molar-refractivity contribution < 1.29 is 42.6 Å². The fourth-order valence-corrected chi connectivity index (χ4v) is 3.88. The van der Waals surface area contributed by atoms with E-state index in [0.717, 1.165) is 0 Å². The van der Waals surface area contributed by atoms with Gasteiger partial charge in [-0.3, -0.25) is 0 Å². The average molecular weight is 510 g/mol. The highest BCUT2D eigenvalue weighted by molar-refractivity contribution is 5.39. The average Bonchev–Trinajstić information content (AvgIpc) is 2.90. The van der Waals surface area contributed by atoms with Crippen molar-refractivity contribution in [1.82, 2.24) is 0 Å². The first kappa shape index (κ1) is 28.2. The second kappa shape index (κ2) is 16.4. The molecule has 36 heavy (non-hydrogen) atoms. The molecule has 1 aromatic rings. The highest BCUT2D eigenvalue weighted by Gasteiger charge is 2.48. The number of rotatable bonds is 6. The number of methoxy groups -OCH3 is 1. The van der Waals surface area contributed by atoms with Crippen LogP contribution in [0.15, 0.2) is 42.0 Å². The third kappa shape index (κ3) is 8.61. The number of fused-ring (bicyclic) bond motifs is 2. The van der Waals surface area contributed by atoms with Crippen LogP contribution in [0.25, 0.3) is 10.4 Å². The number of nitrogens with zero attached hydrogens (tertiary/aromatic N) is 3. The summed E-state index contributed by atoms with van der Waals surface area (Å²) in [7, 11) is 1.51. The molecule has 0 spiro atoms. The molecule has 200 valence electrons. The maximum atomic E-state index is 8.82. The minimum Gasteiger partial charge on any atom is -0.487 e. The molecule has 2 aliphatic rings. The van der Waals surface area contributed by atoms with E-state index in [4.69, 9.17) is 48.2 Å². The Labute approximate surface area is 210 Å². The smallest absolute Gasteiger partial charge is 0.186 e. The molecule has 0 aromatic heterocycles. The predicted molar refractivity (Wildman–Crippen MR) is 128 cm³/mol. The third-order valence-corrected chi connectivity index (χ3v) is 5.45. The van der Waals surface area contributed by atoms with Gasteiger partial charge in [0.1, 0.15) is 31.5 Å². The van der Waals surface area contributed by atoms with Gasteiger partial charge in [-0.1, -0.05) is 23.3 Å². The van der Waals surface area contributed by atoms with Crippen molar-refractivity contribution in [2.75, 3.05) is 73.1 Å². The number of para-hydroxylation sites is 2. The number of hydrogen-bond acceptors (Lipinski definition) is 10. The number of benzene rings is 1. The quantitative estimate of drug-likeness (QED) is 0.246. The number of azide groups is 1. The minimum atomic E-state index is -0.766. The third-order valence-electron chi connectivity index (χ3n) is 5.45. The van der Waals surface area contributed by atoms with Gasteiger partial charge in [0.05, 0.1) is 58.9 Å². The van der Waals surface area contributed by atoms with Gasteiger partial charge in [-0.05, 0) is 17.7 Å². The monoisotopic (exact) mass is 509 g/mol. The van der Waals surface area contributed by atoms with E-state index < -0.39 is 30.7 Å². The van der Waals surface area contributed by atoms with Gasteiger partial charge in [0.2, 0.25) is 0 Å². The molecular formula is C24H35N3O9. The summed E-state index contributed by atoms with van der Waals surface area (Å²) in [5, 5.41) is 3.67. The Balaban J connectivity index is 1.70. The molecule has 5 atom stereocenters. The molecule has 0 amide bonds. The van der Waals surface area contributed by atoms with Crippen molar-refractivity contribution in [2.45, 2.75) is 30.7 Å². The van der Waals surface area contributed by atoms with E-state index in [1.807, 2.05) is 24.3 Å². The molecule has 0 bridgehead atoms. The van der Waals surface area contributed by atoms with E-state index in [9.17, 15) is 0 Å². The lowest BCUT2D eigenvalue weighted by Gasteiger charge is -2.45. The van der Waals surface area contributed by atoms with Crippen molar-refractivity contribution in [3.8, 4) is 11.5 Å². The second-order valence-electron chi connectivity index (χ2n) is 7.82. The Kier molecular flexibility index (Phi) is 12.8. The fraction of sp³-hybridized carbons (Fsp3) is 0.667. The standard InChI is InChI=1S/C24H35N3O9/c1-3-8-33-21-20(17-26-27-25)36-24(28-2)23-22(21)34-15-11-29-9-13-31-18-6-4-5-7-19(18)32-14-10-30-12-16-35-23/h3-7,20-24H,1,8-17H2,2H3/t20-,21-,22+,23-,24+/m1/s1. The summed E-state index contributed by atoms with van der Waals surface area (Å²) >= 11 is 0. The summed E-state index contributed by atoms with van der Waals surface area (Å²) < 4.78 is 52.8. The Hall–Kier alpha value is -2.41. The van der Waals surface area contributed by atoms with Gasteiger partial charge in [0.15, 0.2) is 17.8 Å². The first-order valence-corrected chi connectivity index (χ1v) is 11.9. The molecule has 1 aromatic carbocycles. The summed E-state index contributed by atoms with van der Waals surface area (Å²) in [6.07, 6.45) is -1.54. The second-order valence-corrected chi connectivity index (χ2v) is 7.82. The lowest BCUT2D eigenvalue weighted by Crippen LogP contribution is -2.61. The number of ether oxygens (including phenoxy) is 9. The van der Waals surface area contributed by atoms with Crippen LogP contribution in [0.1, 0.15) is 0 Å². The summed E-state index contributed by atoms with van der Waals surface area (Å²) in [5.74, 6) is 1.29. The Morgan fingerprint density at radius 2 is 1.58 bits per heavy atom. The Bertz CT molecular complexity index is 824. The van der Waals surface area contributed by atoms with E-state index in [1.165, 1.54) is 7.11 Å². The van der Waals surface area contributed by atoms with E-state index >= 15 is 0 Å². The Morgan fingerprint density at radius 1 is 0.972 bits per heavy atom. The molecular weight excluding hydrogens is 474 g/mol. The van der Waals surface area contributed by atoms with Crippen molar-refractivity contribution in [3.05, 3.63) is 47.4 Å². The van der Waals surface area contributed by atoms with Gasteiger partial charge in [-0.2, -0.15) is 0 Å². The van der Waals surface area contributed by atoms with Crippen LogP contribution in [-0.4, -0.2) is 104 Å². The maximum absolute atomic E-state index is 8.82. The summed E-state index contributed by atoms with van der Waals surface area (Å²) in [4.78, 5) is 2.85. The van der Waals surface area contributed by atoms with Crippen LogP contribution in [0.3, 0.4) is 0 Å². The van der Waals surface area contributed by atoms with Gasteiger partial charge < -0.3 is 42.6 Å². The normalized spacial score (nSPS) is 28.5. The first-order valence-electron chi connectivity index (χ1n) is 11.9. The van der Waals surface area contributed by atoms with Crippen molar-refractivity contribution >= 4 is 0 Å². The highest BCUT2D eigenvalue weighted by atomic mass is 16.7. The zero-order valence-corrected chi connectivity index (χ0v) is 20.6. The van der Waals surface area contributed by atoms with Crippen LogP contribution in [0.2, 0.25) is 0 Å². The van der Waals surface area contributed by atoms with Crippen LogP contribution >= 0.6 is 0 Å². The molecule has 12 nitrogen and oxygen atoms in total. The molecule has 12 heteroatoms. The first-order chi connectivity index (χ1) is 17.8. The Morgan fingerprint density at radius 3 is 2.17 bits per heavy atom. The molecule has 0 aliphatic carbocycles. The van der Waals surface area contributed by atoms with Crippen LogP contribution in [0.5, 0.6) is 11.5 Å². The lowest BCUT2D eigenvalue weighted by molar-refractivity contribution is -0.311. The largest absolute Gasteiger partial charge is 0.487 e. The number of hydrogen-bond donors (Lipinski definition) is 0. The van der Waals surface area contributed by atoms with Gasteiger partial charge in [-0.25, -0.2) is 0 Å². The van der Waals surface area contributed by atoms with E-state index in [-0.39, 0.29) is 26.4 Å². The van der Waals surface area contributed by atoms with Crippen molar-refractivity contribution in [2.24, 2.45) is 5.11 Å². The SMILES string of the molecule is C=CCO[C@H]1[C@@H]2OCCOCCOc3ccccc3OCCOCCO[C@H]2[C@@H](OC)O[C@@H]1CN=[N+]=[N-]. The van der Waals surface area contributed by atoms with E-state index in [1.54, 1.807) is 6.08 Å². The lowest BCUT2D eigenvalue weighted by atomic mass is 9.98. The molecule has 2 heterocycles. The van der Waals surface area contributed by atoms with Crippen LogP contribution in [0, 0.1) is 0 Å². The molecule has 0 saturated carbocycles. The molecule has 0 N–H and O–H groups in total. The molecule has 1 fully saturated rings. The summed E-state index contributed by atoms with van der Waals surface area (Å²) in [5.41, 5.74) is 8.82.